The van der Waals surface area contributed by atoms with Crippen LogP contribution < -0.4 is 5.73 Å². The Morgan fingerprint density at radius 1 is 1.60 bits per heavy atom. The Morgan fingerprint density at radius 2 is 2.40 bits per heavy atom. The summed E-state index contributed by atoms with van der Waals surface area (Å²) < 4.78 is 1.75. The molecule has 0 atom stereocenters. The van der Waals surface area contributed by atoms with Gasteiger partial charge in [-0.1, -0.05) is 11.6 Å². The fourth-order valence-electron chi connectivity index (χ4n) is 1.98. The van der Waals surface area contributed by atoms with Gasteiger partial charge in [0.2, 0.25) is 0 Å². The number of hydrogen-bond donors (Lipinski definition) is 1. The zero-order valence-corrected chi connectivity index (χ0v) is 9.26. The Balaban J connectivity index is 1.93. The molecule has 1 saturated carbocycles. The maximum absolute atomic E-state index is 5.62. The highest BCUT2D eigenvalue weighted by Crippen LogP contribution is 2.25. The summed E-state index contributed by atoms with van der Waals surface area (Å²) in [6, 6.07) is 0.718. The number of nitrogens with two attached hydrogens (primary N) is 1. The van der Waals surface area contributed by atoms with Crippen molar-refractivity contribution in [3.63, 3.8) is 0 Å². The minimum atomic E-state index is 0.718. The molecule has 0 radical (unpaired) electrons. The zero-order valence-electron chi connectivity index (χ0n) is 9.26. The first kappa shape index (κ1) is 10.6. The first-order chi connectivity index (χ1) is 7.29. The Bertz CT molecular complexity index is 305. The highest BCUT2D eigenvalue weighted by molar-refractivity contribution is 4.94. The topological polar surface area (TPSA) is 60.0 Å². The summed E-state index contributed by atoms with van der Waals surface area (Å²) in [5.74, 6) is 0. The Hall–Kier alpha value is -0.940. The number of rotatable bonds is 5. The van der Waals surface area contributed by atoms with E-state index >= 15 is 0 Å². The van der Waals surface area contributed by atoms with Gasteiger partial charge < -0.3 is 5.73 Å². The summed E-state index contributed by atoms with van der Waals surface area (Å²) in [4.78, 5) is 2.42. The summed E-state index contributed by atoms with van der Waals surface area (Å²) in [5, 5.41) is 8.05. The van der Waals surface area contributed by atoms with Crippen LogP contribution in [0, 0.1) is 0 Å². The van der Waals surface area contributed by atoms with Gasteiger partial charge in [-0.2, -0.15) is 0 Å². The molecule has 84 valence electrons. The van der Waals surface area contributed by atoms with Gasteiger partial charge in [0, 0.05) is 38.9 Å². The van der Waals surface area contributed by atoms with Gasteiger partial charge >= 0.3 is 0 Å². The fourth-order valence-corrected chi connectivity index (χ4v) is 1.98. The second-order valence-electron chi connectivity index (χ2n) is 4.23. The summed E-state index contributed by atoms with van der Waals surface area (Å²) in [6.45, 7) is 2.56. The van der Waals surface area contributed by atoms with Crippen molar-refractivity contribution < 1.29 is 0 Å². The van der Waals surface area contributed by atoms with Gasteiger partial charge in [-0.05, 0) is 12.8 Å². The van der Waals surface area contributed by atoms with Gasteiger partial charge in [0.1, 0.15) is 0 Å². The van der Waals surface area contributed by atoms with Crippen molar-refractivity contribution in [2.45, 2.75) is 31.8 Å². The molecule has 1 aromatic rings. The predicted octanol–water partition coefficient (Wildman–Crippen LogP) is 0.128. The molecule has 0 bridgehead atoms. The molecule has 15 heavy (non-hydrogen) atoms. The van der Waals surface area contributed by atoms with Crippen LogP contribution in [0.15, 0.2) is 6.20 Å². The lowest BCUT2D eigenvalue weighted by Crippen LogP contribution is -2.42. The van der Waals surface area contributed by atoms with Gasteiger partial charge in [0.05, 0.1) is 5.69 Å². The Labute approximate surface area is 90.2 Å². The standard InChI is InChI=1S/C10H19N5/c1-14-7-9(12-13-14)8-15(6-5-11)10-3-2-4-10/h7,10H,2-6,8,11H2,1H3. The lowest BCUT2D eigenvalue weighted by molar-refractivity contribution is 0.122. The maximum atomic E-state index is 5.62. The smallest absolute Gasteiger partial charge is 0.0967 e. The highest BCUT2D eigenvalue weighted by Gasteiger charge is 2.24. The number of hydrogen-bond acceptors (Lipinski definition) is 4. The number of aryl methyl sites for hydroxylation is 1. The van der Waals surface area contributed by atoms with E-state index in [-0.39, 0.29) is 0 Å². The quantitative estimate of drug-likeness (QED) is 0.748. The van der Waals surface area contributed by atoms with Crippen LogP contribution in [0.2, 0.25) is 0 Å². The fraction of sp³-hybridized carbons (Fsp3) is 0.800. The summed E-state index contributed by atoms with van der Waals surface area (Å²) in [5.41, 5.74) is 6.66. The second-order valence-corrected chi connectivity index (χ2v) is 4.23. The van der Waals surface area contributed by atoms with E-state index in [2.05, 4.69) is 15.2 Å². The van der Waals surface area contributed by atoms with Crippen LogP contribution in [0.3, 0.4) is 0 Å². The van der Waals surface area contributed by atoms with Crippen molar-refractivity contribution in [3.8, 4) is 0 Å². The van der Waals surface area contributed by atoms with Crippen LogP contribution >= 0.6 is 0 Å². The molecule has 0 spiro atoms. The lowest BCUT2D eigenvalue weighted by Gasteiger charge is -2.36. The molecule has 0 aliphatic heterocycles. The van der Waals surface area contributed by atoms with E-state index in [1.54, 1.807) is 4.68 Å². The Morgan fingerprint density at radius 3 is 2.87 bits per heavy atom. The number of aromatic nitrogens is 3. The molecule has 1 fully saturated rings. The van der Waals surface area contributed by atoms with E-state index in [9.17, 15) is 0 Å². The van der Waals surface area contributed by atoms with Crippen molar-refractivity contribution in [2.75, 3.05) is 13.1 Å². The monoisotopic (exact) mass is 209 g/mol. The molecule has 0 aromatic carbocycles. The van der Waals surface area contributed by atoms with E-state index in [1.807, 2.05) is 13.2 Å². The van der Waals surface area contributed by atoms with Crippen LogP contribution in [0.4, 0.5) is 0 Å². The molecular formula is C10H19N5. The molecule has 2 rings (SSSR count). The van der Waals surface area contributed by atoms with Crippen LogP contribution in [0.1, 0.15) is 25.0 Å². The molecule has 2 N–H and O–H groups in total. The molecular weight excluding hydrogens is 190 g/mol. The van der Waals surface area contributed by atoms with Gasteiger partial charge in [0.25, 0.3) is 0 Å². The molecule has 5 nitrogen and oxygen atoms in total. The number of nitrogens with zero attached hydrogens (tertiary/aromatic N) is 4. The van der Waals surface area contributed by atoms with Crippen molar-refractivity contribution >= 4 is 0 Å². The minimum Gasteiger partial charge on any atom is -0.329 e. The first-order valence-electron chi connectivity index (χ1n) is 5.59. The van der Waals surface area contributed by atoms with E-state index in [1.165, 1.54) is 19.3 Å². The van der Waals surface area contributed by atoms with Gasteiger partial charge in [-0.15, -0.1) is 5.10 Å². The SMILES string of the molecule is Cn1cc(CN(CCN)C2CCC2)nn1. The molecule has 5 heteroatoms. The maximum Gasteiger partial charge on any atom is 0.0967 e. The average Bonchev–Trinajstić information content (AvgIpc) is 2.48. The van der Waals surface area contributed by atoms with Crippen LogP contribution in [-0.2, 0) is 13.6 Å². The normalized spacial score (nSPS) is 17.0. The summed E-state index contributed by atoms with van der Waals surface area (Å²) >= 11 is 0. The van der Waals surface area contributed by atoms with Crippen LogP contribution in [0.5, 0.6) is 0 Å². The molecule has 0 unspecified atom stereocenters. The predicted molar refractivity (Wildman–Crippen MR) is 58.1 cm³/mol. The second kappa shape index (κ2) is 4.72. The summed E-state index contributed by atoms with van der Waals surface area (Å²) in [6.07, 6.45) is 5.94. The lowest BCUT2D eigenvalue weighted by atomic mass is 9.91. The van der Waals surface area contributed by atoms with E-state index in [4.69, 9.17) is 5.73 Å². The van der Waals surface area contributed by atoms with Crippen LogP contribution in [0.25, 0.3) is 0 Å². The molecule has 0 saturated heterocycles. The van der Waals surface area contributed by atoms with E-state index in [0.29, 0.717) is 0 Å². The molecule has 1 aromatic heterocycles. The summed E-state index contributed by atoms with van der Waals surface area (Å²) in [7, 11) is 1.90. The largest absolute Gasteiger partial charge is 0.329 e. The third kappa shape index (κ3) is 2.54. The first-order valence-corrected chi connectivity index (χ1v) is 5.59. The van der Waals surface area contributed by atoms with Crippen molar-refractivity contribution in [1.82, 2.24) is 19.9 Å². The molecule has 1 heterocycles. The zero-order chi connectivity index (χ0) is 10.7. The van der Waals surface area contributed by atoms with E-state index < -0.39 is 0 Å². The average molecular weight is 209 g/mol. The van der Waals surface area contributed by atoms with Crippen molar-refractivity contribution in [1.29, 1.82) is 0 Å². The van der Waals surface area contributed by atoms with Crippen molar-refractivity contribution in [3.05, 3.63) is 11.9 Å². The van der Waals surface area contributed by atoms with Gasteiger partial charge in [-0.3, -0.25) is 9.58 Å². The van der Waals surface area contributed by atoms with Gasteiger partial charge in [-0.25, -0.2) is 0 Å². The Kier molecular flexibility index (Phi) is 3.33. The van der Waals surface area contributed by atoms with Gasteiger partial charge in [0.15, 0.2) is 0 Å². The minimum absolute atomic E-state index is 0.718. The van der Waals surface area contributed by atoms with E-state index in [0.717, 1.165) is 31.4 Å². The molecule has 0 amide bonds. The molecule has 1 aliphatic carbocycles. The highest BCUT2D eigenvalue weighted by atomic mass is 15.4. The third-order valence-corrected chi connectivity index (χ3v) is 3.02. The van der Waals surface area contributed by atoms with Crippen LogP contribution in [-0.4, -0.2) is 39.0 Å². The van der Waals surface area contributed by atoms with Crippen molar-refractivity contribution in [2.24, 2.45) is 12.8 Å². The molecule has 1 aliphatic rings. The third-order valence-electron chi connectivity index (χ3n) is 3.02.